The van der Waals surface area contributed by atoms with E-state index in [1.54, 1.807) is 0 Å². The first kappa shape index (κ1) is 19.6. The van der Waals surface area contributed by atoms with E-state index >= 15 is 0 Å². The minimum atomic E-state index is -0.346. The minimum Gasteiger partial charge on any atom is -0.484 e. The van der Waals surface area contributed by atoms with Gasteiger partial charge < -0.3 is 15.0 Å². The maximum Gasteiger partial charge on any atom is 0.262 e. The molecule has 0 saturated carbocycles. The van der Waals surface area contributed by atoms with Crippen molar-refractivity contribution in [2.24, 2.45) is 0 Å². The van der Waals surface area contributed by atoms with E-state index in [-0.39, 0.29) is 18.3 Å². The Labute approximate surface area is 164 Å². The second-order valence-electron chi connectivity index (χ2n) is 6.49. The quantitative estimate of drug-likeness (QED) is 0.653. The summed E-state index contributed by atoms with van der Waals surface area (Å²) in [5.41, 5.74) is 2.67. The number of carbonyl (C=O) groups is 1. The number of anilines is 2. The lowest BCUT2D eigenvalue weighted by atomic mass is 10.1. The van der Waals surface area contributed by atoms with Gasteiger partial charge in [0, 0.05) is 24.2 Å². The lowest BCUT2D eigenvalue weighted by molar-refractivity contribution is -0.118. The molecule has 3 rings (SSSR count). The molecule has 0 spiro atoms. The number of carbonyl (C=O) groups excluding carboxylic acids is 1. The SMILES string of the molecule is CCN(CC)c1cc(C)c2cc(NC(=O)COc3ccc(F)cc3)ccc2n1. The van der Waals surface area contributed by atoms with Crippen molar-refractivity contribution in [3.63, 3.8) is 0 Å². The highest BCUT2D eigenvalue weighted by Gasteiger charge is 2.10. The van der Waals surface area contributed by atoms with Crippen LogP contribution in [0.2, 0.25) is 0 Å². The summed E-state index contributed by atoms with van der Waals surface area (Å²) in [4.78, 5) is 19.1. The van der Waals surface area contributed by atoms with Crippen molar-refractivity contribution in [3.8, 4) is 5.75 Å². The summed E-state index contributed by atoms with van der Waals surface area (Å²) in [6.45, 7) is 7.91. The molecule has 6 heteroatoms. The molecule has 0 aliphatic heterocycles. The lowest BCUT2D eigenvalue weighted by Gasteiger charge is -2.21. The average molecular weight is 381 g/mol. The van der Waals surface area contributed by atoms with E-state index in [1.807, 2.05) is 25.1 Å². The number of nitrogens with one attached hydrogen (secondary N) is 1. The predicted molar refractivity (Wildman–Crippen MR) is 111 cm³/mol. The molecule has 0 fully saturated rings. The zero-order valence-electron chi connectivity index (χ0n) is 16.3. The van der Waals surface area contributed by atoms with Crippen LogP contribution in [-0.2, 0) is 4.79 Å². The Morgan fingerprint density at radius 2 is 1.82 bits per heavy atom. The van der Waals surface area contributed by atoms with Crippen LogP contribution >= 0.6 is 0 Å². The molecule has 0 bridgehead atoms. The predicted octanol–water partition coefficient (Wildman–Crippen LogP) is 4.55. The second kappa shape index (κ2) is 8.69. The topological polar surface area (TPSA) is 54.5 Å². The van der Waals surface area contributed by atoms with Crippen molar-refractivity contribution in [2.45, 2.75) is 20.8 Å². The molecular weight excluding hydrogens is 357 g/mol. The van der Waals surface area contributed by atoms with Crippen molar-refractivity contribution in [1.82, 2.24) is 4.98 Å². The molecular formula is C22H24FN3O2. The average Bonchev–Trinajstić information content (AvgIpc) is 2.69. The summed E-state index contributed by atoms with van der Waals surface area (Å²) < 4.78 is 18.3. The van der Waals surface area contributed by atoms with E-state index in [0.717, 1.165) is 35.4 Å². The molecule has 1 amide bonds. The van der Waals surface area contributed by atoms with Gasteiger partial charge in [0.05, 0.1) is 5.52 Å². The number of pyridine rings is 1. The first-order valence-electron chi connectivity index (χ1n) is 9.34. The molecule has 0 radical (unpaired) electrons. The van der Waals surface area contributed by atoms with Crippen molar-refractivity contribution >= 4 is 28.3 Å². The Kier molecular flexibility index (Phi) is 6.09. The molecule has 0 atom stereocenters. The van der Waals surface area contributed by atoms with E-state index in [2.05, 4.69) is 30.1 Å². The van der Waals surface area contributed by atoms with Crippen LogP contribution in [0, 0.1) is 12.7 Å². The highest BCUT2D eigenvalue weighted by atomic mass is 19.1. The van der Waals surface area contributed by atoms with Gasteiger partial charge in [-0.25, -0.2) is 9.37 Å². The number of halogens is 1. The fourth-order valence-electron chi connectivity index (χ4n) is 3.04. The van der Waals surface area contributed by atoms with Crippen LogP contribution in [0.4, 0.5) is 15.9 Å². The van der Waals surface area contributed by atoms with Gasteiger partial charge in [0.25, 0.3) is 5.91 Å². The minimum absolute atomic E-state index is 0.151. The number of aryl methyl sites for hydroxylation is 1. The third kappa shape index (κ3) is 4.57. The summed E-state index contributed by atoms with van der Waals surface area (Å²) in [7, 11) is 0. The fourth-order valence-corrected chi connectivity index (χ4v) is 3.04. The third-order valence-corrected chi connectivity index (χ3v) is 4.56. The lowest BCUT2D eigenvalue weighted by Crippen LogP contribution is -2.23. The van der Waals surface area contributed by atoms with Gasteiger partial charge in [0.1, 0.15) is 17.4 Å². The fraction of sp³-hybridized carbons (Fsp3) is 0.273. The molecule has 0 saturated heterocycles. The first-order chi connectivity index (χ1) is 13.5. The number of nitrogens with zero attached hydrogens (tertiary/aromatic N) is 2. The van der Waals surface area contributed by atoms with Crippen molar-refractivity contribution in [2.75, 3.05) is 29.9 Å². The molecule has 0 aliphatic rings. The van der Waals surface area contributed by atoms with Crippen LogP contribution in [0.5, 0.6) is 5.75 Å². The maximum absolute atomic E-state index is 12.9. The number of rotatable bonds is 7. The van der Waals surface area contributed by atoms with E-state index in [0.29, 0.717) is 11.4 Å². The largest absolute Gasteiger partial charge is 0.484 e. The zero-order chi connectivity index (χ0) is 20.1. The second-order valence-corrected chi connectivity index (χ2v) is 6.49. The number of amides is 1. The van der Waals surface area contributed by atoms with E-state index in [9.17, 15) is 9.18 Å². The van der Waals surface area contributed by atoms with Gasteiger partial charge >= 0.3 is 0 Å². The normalized spacial score (nSPS) is 10.7. The van der Waals surface area contributed by atoms with E-state index in [1.165, 1.54) is 24.3 Å². The Hall–Kier alpha value is -3.15. The monoisotopic (exact) mass is 381 g/mol. The summed E-state index contributed by atoms with van der Waals surface area (Å²) in [5.74, 6) is 0.772. The molecule has 1 heterocycles. The molecule has 1 aromatic heterocycles. The van der Waals surface area contributed by atoms with Gasteiger partial charge in [0.2, 0.25) is 0 Å². The Morgan fingerprint density at radius 1 is 1.11 bits per heavy atom. The van der Waals surface area contributed by atoms with Crippen LogP contribution in [0.3, 0.4) is 0 Å². The molecule has 28 heavy (non-hydrogen) atoms. The van der Waals surface area contributed by atoms with Crippen LogP contribution in [0.1, 0.15) is 19.4 Å². The van der Waals surface area contributed by atoms with E-state index < -0.39 is 0 Å². The molecule has 1 N–H and O–H groups in total. The van der Waals surface area contributed by atoms with E-state index in [4.69, 9.17) is 9.72 Å². The Morgan fingerprint density at radius 3 is 2.50 bits per heavy atom. The van der Waals surface area contributed by atoms with Crippen molar-refractivity contribution in [1.29, 1.82) is 0 Å². The number of benzene rings is 2. The number of ether oxygens (including phenoxy) is 1. The number of fused-ring (bicyclic) bond motifs is 1. The standard InChI is InChI=1S/C22H24FN3O2/c1-4-26(5-2)21-12-15(3)19-13-17(8-11-20(19)25-21)24-22(27)14-28-18-9-6-16(23)7-10-18/h6-13H,4-5,14H2,1-3H3,(H,24,27). The third-order valence-electron chi connectivity index (χ3n) is 4.56. The number of hydrogen-bond donors (Lipinski definition) is 1. The molecule has 0 aliphatic carbocycles. The molecule has 5 nitrogen and oxygen atoms in total. The Balaban J connectivity index is 1.71. The maximum atomic E-state index is 12.9. The van der Waals surface area contributed by atoms with Gasteiger partial charge in [-0.1, -0.05) is 0 Å². The van der Waals surface area contributed by atoms with Crippen LogP contribution in [-0.4, -0.2) is 30.6 Å². The highest BCUT2D eigenvalue weighted by Crippen LogP contribution is 2.25. The van der Waals surface area contributed by atoms with Crippen LogP contribution in [0.25, 0.3) is 10.9 Å². The molecule has 146 valence electrons. The zero-order valence-corrected chi connectivity index (χ0v) is 16.3. The summed E-state index contributed by atoms with van der Waals surface area (Å²) in [6.07, 6.45) is 0. The van der Waals surface area contributed by atoms with Gasteiger partial charge in [-0.15, -0.1) is 0 Å². The molecule has 3 aromatic rings. The van der Waals surface area contributed by atoms with Gasteiger partial charge in [0.15, 0.2) is 6.61 Å². The molecule has 0 unspecified atom stereocenters. The first-order valence-corrected chi connectivity index (χ1v) is 9.34. The van der Waals surface area contributed by atoms with Crippen molar-refractivity contribution in [3.05, 3.63) is 59.9 Å². The summed E-state index contributed by atoms with van der Waals surface area (Å²) in [6, 6.07) is 13.3. The van der Waals surface area contributed by atoms with Crippen molar-refractivity contribution < 1.29 is 13.9 Å². The van der Waals surface area contributed by atoms with Gasteiger partial charge in [-0.05, 0) is 74.9 Å². The number of aromatic nitrogens is 1. The summed E-state index contributed by atoms with van der Waals surface area (Å²) in [5, 5.41) is 3.82. The molecule has 2 aromatic carbocycles. The Bertz CT molecular complexity index is 969. The smallest absolute Gasteiger partial charge is 0.262 e. The van der Waals surface area contributed by atoms with Gasteiger partial charge in [-0.3, -0.25) is 4.79 Å². The van der Waals surface area contributed by atoms with Crippen LogP contribution < -0.4 is 15.0 Å². The highest BCUT2D eigenvalue weighted by molar-refractivity contribution is 5.95. The van der Waals surface area contributed by atoms with Crippen LogP contribution in [0.15, 0.2) is 48.5 Å². The number of hydrogen-bond acceptors (Lipinski definition) is 4. The summed E-state index contributed by atoms with van der Waals surface area (Å²) >= 11 is 0. The van der Waals surface area contributed by atoms with Gasteiger partial charge in [-0.2, -0.15) is 0 Å².